The molecule has 23 heavy (non-hydrogen) atoms. The van der Waals surface area contributed by atoms with E-state index in [-0.39, 0.29) is 0 Å². The molecule has 0 heterocycles. The second kappa shape index (κ2) is 7.38. The number of carboxylic acids is 1. The summed E-state index contributed by atoms with van der Waals surface area (Å²) >= 11 is 6.13. The van der Waals surface area contributed by atoms with Gasteiger partial charge in [-0.25, -0.2) is 4.79 Å². The molecule has 5 heteroatoms. The second-order valence-corrected chi connectivity index (χ2v) is 5.77. The predicted molar refractivity (Wildman–Crippen MR) is 89.2 cm³/mol. The van der Waals surface area contributed by atoms with E-state index in [1.807, 2.05) is 30.3 Å². The van der Waals surface area contributed by atoms with Gasteiger partial charge in [-0.2, -0.15) is 0 Å². The van der Waals surface area contributed by atoms with Crippen LogP contribution < -0.4 is 9.47 Å². The van der Waals surface area contributed by atoms with Crippen molar-refractivity contribution in [3.63, 3.8) is 0 Å². The molecule has 1 atom stereocenters. The quantitative estimate of drug-likeness (QED) is 0.807. The van der Waals surface area contributed by atoms with Crippen molar-refractivity contribution in [3.05, 3.63) is 59.1 Å². The lowest BCUT2D eigenvalue weighted by Gasteiger charge is -2.25. The van der Waals surface area contributed by atoms with Crippen LogP contribution in [0.15, 0.2) is 48.5 Å². The van der Waals surface area contributed by atoms with Crippen LogP contribution in [0.2, 0.25) is 5.02 Å². The zero-order valence-electron chi connectivity index (χ0n) is 13.1. The Bertz CT molecular complexity index is 672. The Morgan fingerprint density at radius 2 is 1.91 bits per heavy atom. The molecular formula is C18H19ClO4. The Kier molecular flexibility index (Phi) is 5.50. The molecule has 0 unspecified atom stereocenters. The van der Waals surface area contributed by atoms with Gasteiger partial charge in [-0.05, 0) is 31.0 Å². The summed E-state index contributed by atoms with van der Waals surface area (Å²) in [6.45, 7) is 3.67. The Balaban J connectivity index is 2.14. The van der Waals surface area contributed by atoms with Gasteiger partial charge in [-0.15, -0.1) is 0 Å². The van der Waals surface area contributed by atoms with Crippen molar-refractivity contribution in [2.24, 2.45) is 0 Å². The average molecular weight is 335 g/mol. The van der Waals surface area contributed by atoms with E-state index < -0.39 is 11.6 Å². The monoisotopic (exact) mass is 334 g/mol. The first-order valence-corrected chi connectivity index (χ1v) is 7.71. The summed E-state index contributed by atoms with van der Waals surface area (Å²) < 4.78 is 11.3. The van der Waals surface area contributed by atoms with Crippen LogP contribution in [0.3, 0.4) is 0 Å². The van der Waals surface area contributed by atoms with E-state index >= 15 is 0 Å². The van der Waals surface area contributed by atoms with Crippen molar-refractivity contribution in [1.82, 2.24) is 0 Å². The molecule has 0 amide bonds. The topological polar surface area (TPSA) is 55.8 Å². The minimum Gasteiger partial charge on any atom is -0.487 e. The standard InChI is InChI=1S/C18H19ClO4/c1-3-18(2,17(20)21)23-14-9-10-15(19)16(11-14)22-12-13-7-5-4-6-8-13/h4-11H,3,12H2,1-2H3,(H,20,21)/t18-/m1/s1. The molecular weight excluding hydrogens is 316 g/mol. The fourth-order valence-electron chi connectivity index (χ4n) is 1.92. The van der Waals surface area contributed by atoms with Gasteiger partial charge >= 0.3 is 5.97 Å². The van der Waals surface area contributed by atoms with Crippen molar-refractivity contribution in [3.8, 4) is 11.5 Å². The molecule has 0 spiro atoms. The van der Waals surface area contributed by atoms with E-state index in [2.05, 4.69) is 0 Å². The smallest absolute Gasteiger partial charge is 0.347 e. The largest absolute Gasteiger partial charge is 0.487 e. The van der Waals surface area contributed by atoms with Crippen LogP contribution >= 0.6 is 11.6 Å². The van der Waals surface area contributed by atoms with Crippen molar-refractivity contribution in [2.45, 2.75) is 32.5 Å². The number of aliphatic carboxylic acids is 1. The molecule has 1 N–H and O–H groups in total. The SMILES string of the molecule is CC[C@@](C)(Oc1ccc(Cl)c(OCc2ccccc2)c1)C(=O)O. The van der Waals surface area contributed by atoms with E-state index in [0.29, 0.717) is 29.5 Å². The number of ether oxygens (including phenoxy) is 2. The summed E-state index contributed by atoms with van der Waals surface area (Å²) in [6.07, 6.45) is 0.338. The zero-order valence-corrected chi connectivity index (χ0v) is 13.8. The highest BCUT2D eigenvalue weighted by atomic mass is 35.5. The maximum atomic E-state index is 11.3. The van der Waals surface area contributed by atoms with Gasteiger partial charge in [-0.3, -0.25) is 0 Å². The Hall–Kier alpha value is -2.20. The number of hydrogen-bond donors (Lipinski definition) is 1. The first-order valence-electron chi connectivity index (χ1n) is 7.33. The van der Waals surface area contributed by atoms with Gasteiger partial charge in [-0.1, -0.05) is 48.9 Å². The van der Waals surface area contributed by atoms with E-state index in [0.717, 1.165) is 5.56 Å². The minimum absolute atomic E-state index is 0.338. The summed E-state index contributed by atoms with van der Waals surface area (Å²) in [5, 5.41) is 9.73. The third-order valence-electron chi connectivity index (χ3n) is 3.61. The summed E-state index contributed by atoms with van der Waals surface area (Å²) in [7, 11) is 0. The number of rotatable bonds is 7. The van der Waals surface area contributed by atoms with Crippen molar-refractivity contribution < 1.29 is 19.4 Å². The lowest BCUT2D eigenvalue weighted by molar-refractivity contribution is -0.154. The van der Waals surface area contributed by atoms with Gasteiger partial charge in [0.05, 0.1) is 5.02 Å². The molecule has 4 nitrogen and oxygen atoms in total. The molecule has 2 rings (SSSR count). The van der Waals surface area contributed by atoms with Gasteiger partial charge < -0.3 is 14.6 Å². The molecule has 0 radical (unpaired) electrons. The lowest BCUT2D eigenvalue weighted by atomic mass is 10.0. The molecule has 0 saturated heterocycles. The average Bonchev–Trinajstić information content (AvgIpc) is 2.56. The van der Waals surface area contributed by atoms with Crippen molar-refractivity contribution in [1.29, 1.82) is 0 Å². The Morgan fingerprint density at radius 1 is 1.22 bits per heavy atom. The third kappa shape index (κ3) is 4.39. The van der Waals surface area contributed by atoms with Crippen LogP contribution in [0.25, 0.3) is 0 Å². The fourth-order valence-corrected chi connectivity index (χ4v) is 2.09. The first kappa shape index (κ1) is 17.2. The fraction of sp³-hybridized carbons (Fsp3) is 0.278. The van der Waals surface area contributed by atoms with E-state index in [1.54, 1.807) is 25.1 Å². The van der Waals surface area contributed by atoms with Gasteiger partial charge in [0.25, 0.3) is 0 Å². The number of hydrogen-bond acceptors (Lipinski definition) is 3. The highest BCUT2D eigenvalue weighted by molar-refractivity contribution is 6.32. The molecule has 2 aromatic rings. The van der Waals surface area contributed by atoms with Crippen LogP contribution in [0.4, 0.5) is 0 Å². The molecule has 0 aliphatic heterocycles. The molecule has 0 fully saturated rings. The highest BCUT2D eigenvalue weighted by Gasteiger charge is 2.33. The molecule has 0 aliphatic carbocycles. The van der Waals surface area contributed by atoms with E-state index in [9.17, 15) is 9.90 Å². The minimum atomic E-state index is -1.29. The second-order valence-electron chi connectivity index (χ2n) is 5.36. The maximum Gasteiger partial charge on any atom is 0.347 e. The molecule has 0 aromatic heterocycles. The van der Waals surface area contributed by atoms with Crippen LogP contribution in [-0.4, -0.2) is 16.7 Å². The molecule has 0 bridgehead atoms. The normalized spacial score (nSPS) is 13.2. The summed E-state index contributed by atoms with van der Waals surface area (Å²) in [6, 6.07) is 14.6. The van der Waals surface area contributed by atoms with E-state index in [1.165, 1.54) is 6.92 Å². The number of halogens is 1. The van der Waals surface area contributed by atoms with Gasteiger partial charge in [0, 0.05) is 6.07 Å². The number of benzene rings is 2. The molecule has 122 valence electrons. The predicted octanol–water partition coefficient (Wildman–Crippen LogP) is 4.55. The molecule has 0 aliphatic rings. The Morgan fingerprint density at radius 3 is 2.52 bits per heavy atom. The van der Waals surface area contributed by atoms with Crippen LogP contribution in [0.5, 0.6) is 11.5 Å². The van der Waals surface area contributed by atoms with Crippen molar-refractivity contribution in [2.75, 3.05) is 0 Å². The molecule has 2 aromatic carbocycles. The van der Waals surface area contributed by atoms with Gasteiger partial charge in [0.2, 0.25) is 5.60 Å². The number of carbonyl (C=O) groups is 1. The summed E-state index contributed by atoms with van der Waals surface area (Å²) in [5.74, 6) is -0.150. The summed E-state index contributed by atoms with van der Waals surface area (Å²) in [5.41, 5.74) is -0.274. The van der Waals surface area contributed by atoms with Crippen LogP contribution in [0.1, 0.15) is 25.8 Å². The third-order valence-corrected chi connectivity index (χ3v) is 3.92. The first-order chi connectivity index (χ1) is 10.9. The summed E-state index contributed by atoms with van der Waals surface area (Å²) in [4.78, 5) is 11.3. The van der Waals surface area contributed by atoms with Gasteiger partial charge in [0.15, 0.2) is 0 Å². The van der Waals surface area contributed by atoms with Crippen molar-refractivity contribution >= 4 is 17.6 Å². The van der Waals surface area contributed by atoms with Gasteiger partial charge in [0.1, 0.15) is 18.1 Å². The number of carboxylic acid groups (broad SMARTS) is 1. The highest BCUT2D eigenvalue weighted by Crippen LogP contribution is 2.32. The van der Waals surface area contributed by atoms with Crippen LogP contribution in [0, 0.1) is 0 Å². The lowest BCUT2D eigenvalue weighted by Crippen LogP contribution is -2.40. The Labute approximate surface area is 140 Å². The van der Waals surface area contributed by atoms with Crippen LogP contribution in [-0.2, 0) is 11.4 Å². The zero-order chi connectivity index (χ0) is 16.9. The van der Waals surface area contributed by atoms with E-state index in [4.69, 9.17) is 21.1 Å². The maximum absolute atomic E-state index is 11.3. The molecule has 0 saturated carbocycles.